The van der Waals surface area contributed by atoms with Crippen molar-refractivity contribution in [3.05, 3.63) is 77.2 Å². The maximum Gasteiger partial charge on any atom is 0.273 e. The van der Waals surface area contributed by atoms with Crippen molar-refractivity contribution in [1.82, 2.24) is 10.9 Å². The number of anilines is 1. The quantitative estimate of drug-likeness (QED) is 0.446. The minimum Gasteiger partial charge on any atom is -0.507 e. The highest BCUT2D eigenvalue weighted by Gasteiger charge is 2.15. The fraction of sp³-hybridized carbons (Fsp3) is 0.0526. The highest BCUT2D eigenvalue weighted by Crippen LogP contribution is 2.20. The van der Waals surface area contributed by atoms with Crippen molar-refractivity contribution >= 4 is 38.9 Å². The molecule has 0 aliphatic heterocycles. The topological polar surface area (TPSA) is 125 Å². The minimum atomic E-state index is -3.63. The van der Waals surface area contributed by atoms with Crippen LogP contribution in [0.3, 0.4) is 0 Å². The van der Waals surface area contributed by atoms with Crippen molar-refractivity contribution < 1.29 is 23.1 Å². The summed E-state index contributed by atoms with van der Waals surface area (Å²) in [4.78, 5) is 24.0. The van der Waals surface area contributed by atoms with E-state index in [0.29, 0.717) is 11.3 Å². The Labute approximate surface area is 171 Å². The van der Waals surface area contributed by atoms with Crippen LogP contribution in [0.5, 0.6) is 5.75 Å². The molecular formula is C19H17N3O5S2. The summed E-state index contributed by atoms with van der Waals surface area (Å²) in [6.07, 6.45) is -0.0288. The number of phenolic OH excluding ortho intramolecular Hbond substituents is 1. The lowest BCUT2D eigenvalue weighted by Gasteiger charge is -2.09. The number of rotatable bonds is 6. The molecular weight excluding hydrogens is 414 g/mol. The number of hydrogen-bond donors (Lipinski definition) is 4. The van der Waals surface area contributed by atoms with Crippen molar-refractivity contribution in [2.75, 3.05) is 4.72 Å². The molecule has 0 aliphatic carbocycles. The Kier molecular flexibility index (Phi) is 6.15. The van der Waals surface area contributed by atoms with Crippen LogP contribution in [0.1, 0.15) is 15.9 Å². The van der Waals surface area contributed by atoms with E-state index in [1.54, 1.807) is 47.8 Å². The lowest BCUT2D eigenvalue weighted by atomic mass is 10.1. The Hall–Kier alpha value is -3.37. The third kappa shape index (κ3) is 5.33. The molecule has 0 aliphatic rings. The number of hydrogen-bond acceptors (Lipinski definition) is 6. The zero-order valence-corrected chi connectivity index (χ0v) is 16.6. The molecule has 2 amide bonds. The van der Waals surface area contributed by atoms with Crippen molar-refractivity contribution in [3.63, 3.8) is 0 Å². The summed E-state index contributed by atoms with van der Waals surface area (Å²) in [5.74, 6) is -1.31. The number of carbonyl (C=O) groups excluding carboxylic acids is 2. The van der Waals surface area contributed by atoms with Crippen LogP contribution in [-0.2, 0) is 21.2 Å². The summed E-state index contributed by atoms with van der Waals surface area (Å²) < 4.78 is 27.1. The van der Waals surface area contributed by atoms with Gasteiger partial charge in [-0.25, -0.2) is 8.42 Å². The van der Waals surface area contributed by atoms with Crippen molar-refractivity contribution in [2.45, 2.75) is 10.6 Å². The van der Waals surface area contributed by atoms with E-state index in [4.69, 9.17) is 0 Å². The first-order valence-corrected chi connectivity index (χ1v) is 10.7. The Morgan fingerprint density at radius 1 is 0.931 bits per heavy atom. The van der Waals surface area contributed by atoms with Gasteiger partial charge in [0.2, 0.25) is 5.91 Å². The predicted molar refractivity (Wildman–Crippen MR) is 109 cm³/mol. The number of benzene rings is 2. The van der Waals surface area contributed by atoms with Gasteiger partial charge in [0.1, 0.15) is 9.96 Å². The summed E-state index contributed by atoms with van der Waals surface area (Å²) in [6, 6.07) is 15.4. The summed E-state index contributed by atoms with van der Waals surface area (Å²) >= 11 is 1.11. The number of thiophene rings is 1. The van der Waals surface area contributed by atoms with E-state index >= 15 is 0 Å². The molecule has 29 heavy (non-hydrogen) atoms. The Morgan fingerprint density at radius 2 is 1.66 bits per heavy atom. The van der Waals surface area contributed by atoms with E-state index < -0.39 is 21.8 Å². The van der Waals surface area contributed by atoms with Gasteiger partial charge in [0.15, 0.2) is 0 Å². The summed E-state index contributed by atoms with van der Waals surface area (Å²) in [6.45, 7) is 0. The molecule has 1 heterocycles. The molecule has 0 saturated carbocycles. The second-order valence-corrected chi connectivity index (χ2v) is 8.79. The Balaban J connectivity index is 1.53. The number of amides is 2. The minimum absolute atomic E-state index is 0.0288. The smallest absolute Gasteiger partial charge is 0.273 e. The average molecular weight is 431 g/mol. The van der Waals surface area contributed by atoms with Gasteiger partial charge in [-0.3, -0.25) is 25.2 Å². The molecule has 4 N–H and O–H groups in total. The maximum absolute atomic E-state index is 12.2. The van der Waals surface area contributed by atoms with Crippen LogP contribution in [0, 0.1) is 0 Å². The van der Waals surface area contributed by atoms with E-state index in [9.17, 15) is 23.1 Å². The lowest BCUT2D eigenvalue weighted by Crippen LogP contribution is -2.42. The molecule has 3 aromatic rings. The fourth-order valence-corrected chi connectivity index (χ4v) is 4.45. The van der Waals surface area contributed by atoms with Gasteiger partial charge < -0.3 is 5.11 Å². The standard InChI is InChI=1S/C19H17N3O5S2/c23-16-5-2-1-4-15(16)19(25)21-20-17(24)12-13-7-9-14(10-8-13)22-29(26,27)18-6-3-11-28-18/h1-11,22-23H,12H2,(H,20,24)(H,21,25). The molecule has 1 aromatic heterocycles. The second-order valence-electron chi connectivity index (χ2n) is 5.93. The largest absolute Gasteiger partial charge is 0.507 e. The van der Waals surface area contributed by atoms with E-state index in [1.807, 2.05) is 0 Å². The van der Waals surface area contributed by atoms with Crippen LogP contribution >= 0.6 is 11.3 Å². The zero-order chi connectivity index (χ0) is 20.9. The average Bonchev–Trinajstić information content (AvgIpc) is 3.24. The molecule has 2 aromatic carbocycles. The van der Waals surface area contributed by atoms with Gasteiger partial charge in [-0.2, -0.15) is 0 Å². The van der Waals surface area contributed by atoms with Crippen LogP contribution in [-0.4, -0.2) is 25.3 Å². The van der Waals surface area contributed by atoms with Gasteiger partial charge in [0.05, 0.1) is 12.0 Å². The molecule has 10 heteroatoms. The third-order valence-electron chi connectivity index (χ3n) is 3.79. The number of aromatic hydroxyl groups is 1. The molecule has 0 fully saturated rings. The molecule has 0 bridgehead atoms. The van der Waals surface area contributed by atoms with Gasteiger partial charge in [-0.15, -0.1) is 11.3 Å². The first kappa shape index (κ1) is 20.4. The Morgan fingerprint density at radius 3 is 2.31 bits per heavy atom. The number of carbonyl (C=O) groups is 2. The van der Waals surface area contributed by atoms with Gasteiger partial charge in [0.25, 0.3) is 15.9 Å². The Bertz CT molecular complexity index is 1110. The van der Waals surface area contributed by atoms with Crippen LogP contribution in [0.4, 0.5) is 5.69 Å². The summed E-state index contributed by atoms with van der Waals surface area (Å²) in [5.41, 5.74) is 5.53. The lowest BCUT2D eigenvalue weighted by molar-refractivity contribution is -0.121. The van der Waals surface area contributed by atoms with Gasteiger partial charge in [0, 0.05) is 5.69 Å². The molecule has 0 atom stereocenters. The molecule has 150 valence electrons. The summed E-state index contributed by atoms with van der Waals surface area (Å²) in [7, 11) is -3.63. The second kappa shape index (κ2) is 8.76. The zero-order valence-electron chi connectivity index (χ0n) is 15.0. The van der Waals surface area contributed by atoms with Crippen molar-refractivity contribution in [2.24, 2.45) is 0 Å². The van der Waals surface area contributed by atoms with Crippen LogP contribution in [0.15, 0.2) is 70.3 Å². The number of nitrogens with one attached hydrogen (secondary N) is 3. The van der Waals surface area contributed by atoms with E-state index in [1.165, 1.54) is 18.2 Å². The molecule has 0 spiro atoms. The maximum atomic E-state index is 12.2. The molecule has 0 radical (unpaired) electrons. The van der Waals surface area contributed by atoms with E-state index in [-0.39, 0.29) is 21.9 Å². The van der Waals surface area contributed by atoms with Crippen LogP contribution in [0.2, 0.25) is 0 Å². The molecule has 0 unspecified atom stereocenters. The number of para-hydroxylation sites is 1. The van der Waals surface area contributed by atoms with E-state index in [0.717, 1.165) is 11.3 Å². The molecule has 0 saturated heterocycles. The predicted octanol–water partition coefficient (Wildman–Crippen LogP) is 2.26. The number of phenols is 1. The highest BCUT2D eigenvalue weighted by atomic mass is 32.2. The van der Waals surface area contributed by atoms with Crippen LogP contribution < -0.4 is 15.6 Å². The third-order valence-corrected chi connectivity index (χ3v) is 6.57. The van der Waals surface area contributed by atoms with Crippen molar-refractivity contribution in [3.8, 4) is 5.75 Å². The summed E-state index contributed by atoms with van der Waals surface area (Å²) in [5, 5.41) is 11.3. The van der Waals surface area contributed by atoms with Crippen LogP contribution in [0.25, 0.3) is 0 Å². The first-order chi connectivity index (χ1) is 13.8. The number of hydrazine groups is 1. The van der Waals surface area contributed by atoms with E-state index in [2.05, 4.69) is 15.6 Å². The molecule has 8 nitrogen and oxygen atoms in total. The SMILES string of the molecule is O=C(Cc1ccc(NS(=O)(=O)c2cccs2)cc1)NNC(=O)c1ccccc1O. The van der Waals surface area contributed by atoms with Crippen molar-refractivity contribution in [1.29, 1.82) is 0 Å². The highest BCUT2D eigenvalue weighted by molar-refractivity contribution is 7.94. The fourth-order valence-electron chi connectivity index (χ4n) is 2.40. The van der Waals surface area contributed by atoms with Gasteiger partial charge >= 0.3 is 0 Å². The molecule has 3 rings (SSSR count). The van der Waals surface area contributed by atoms with Gasteiger partial charge in [-0.05, 0) is 41.3 Å². The monoisotopic (exact) mass is 431 g/mol. The first-order valence-electron chi connectivity index (χ1n) is 8.37. The van der Waals surface area contributed by atoms with Gasteiger partial charge in [-0.1, -0.05) is 30.3 Å². The number of sulfonamides is 1. The normalized spacial score (nSPS) is 10.9.